The molecule has 0 spiro atoms. The number of furan rings is 1. The number of hydrogen-bond acceptors (Lipinski definition) is 5. The largest absolute Gasteiger partial charge is 0.467 e. The van der Waals surface area contributed by atoms with Gasteiger partial charge in [-0.1, -0.05) is 0 Å². The van der Waals surface area contributed by atoms with Crippen LogP contribution in [0.2, 0.25) is 0 Å². The summed E-state index contributed by atoms with van der Waals surface area (Å²) in [6, 6.07) is 7.45. The van der Waals surface area contributed by atoms with Crippen LogP contribution in [0.3, 0.4) is 0 Å². The zero-order valence-electron chi connectivity index (χ0n) is 12.9. The second-order valence-electron chi connectivity index (χ2n) is 5.02. The third-order valence-corrected chi connectivity index (χ3v) is 3.48. The lowest BCUT2D eigenvalue weighted by Crippen LogP contribution is -2.35. The van der Waals surface area contributed by atoms with Crippen LogP contribution in [0.15, 0.2) is 58.0 Å². The number of pyridine rings is 1. The van der Waals surface area contributed by atoms with Crippen molar-refractivity contribution < 1.29 is 9.21 Å². The lowest BCUT2D eigenvalue weighted by atomic mass is 10.2. The van der Waals surface area contributed by atoms with Crippen LogP contribution < -0.4 is 10.6 Å². The normalized spacial score (nSPS) is 14.6. The number of hydrogen-bond donors (Lipinski definition) is 3. The van der Waals surface area contributed by atoms with Crippen LogP contribution in [0, 0.1) is 0 Å². The molecule has 7 nitrogen and oxygen atoms in total. The molecule has 0 aliphatic carbocycles. The number of fused-ring (bicyclic) bond motifs is 1. The standard InChI is InChI=1S/C16H13N5O2.2ClH/c22-15-13(7-10-8-18-14-12(10)4-1-5-17-14)20-16(21-15)19-9-11-3-2-6-23-11;;/h1-8H,9H2,(H,17,18)(H2,19,20,21,22);2*1H/b13-7-;;. The van der Waals surface area contributed by atoms with Crippen molar-refractivity contribution in [2.24, 2.45) is 4.99 Å². The van der Waals surface area contributed by atoms with Gasteiger partial charge in [-0.05, 0) is 30.3 Å². The minimum Gasteiger partial charge on any atom is -0.467 e. The van der Waals surface area contributed by atoms with Gasteiger partial charge in [-0.15, -0.1) is 24.8 Å². The fourth-order valence-electron chi connectivity index (χ4n) is 2.38. The smallest absolute Gasteiger partial charge is 0.276 e. The molecule has 4 heterocycles. The van der Waals surface area contributed by atoms with Crippen LogP contribution in [0.5, 0.6) is 0 Å². The minimum absolute atomic E-state index is 0. The first kappa shape index (κ1) is 18.6. The Bertz CT molecular complexity index is 931. The Morgan fingerprint density at radius 3 is 2.92 bits per heavy atom. The molecular weight excluding hydrogens is 365 g/mol. The molecule has 1 amide bonds. The van der Waals surface area contributed by atoms with E-state index in [1.165, 1.54) is 0 Å². The van der Waals surface area contributed by atoms with Crippen molar-refractivity contribution >= 4 is 53.8 Å². The molecule has 1 aliphatic heterocycles. The van der Waals surface area contributed by atoms with E-state index in [0.717, 1.165) is 22.4 Å². The van der Waals surface area contributed by atoms with Gasteiger partial charge in [-0.3, -0.25) is 10.1 Å². The van der Waals surface area contributed by atoms with E-state index < -0.39 is 0 Å². The fourth-order valence-corrected chi connectivity index (χ4v) is 2.38. The summed E-state index contributed by atoms with van der Waals surface area (Å²) in [6.45, 7) is 0.455. The summed E-state index contributed by atoms with van der Waals surface area (Å²) in [6.07, 6.45) is 6.86. The molecule has 0 unspecified atom stereocenters. The first-order valence-electron chi connectivity index (χ1n) is 7.10. The Labute approximate surface area is 155 Å². The van der Waals surface area contributed by atoms with Crippen molar-refractivity contribution in [2.75, 3.05) is 0 Å². The van der Waals surface area contributed by atoms with E-state index in [0.29, 0.717) is 18.2 Å². The second kappa shape index (κ2) is 7.87. The number of carbonyl (C=O) groups is 1. The number of aromatic nitrogens is 2. The fraction of sp³-hybridized carbons (Fsp3) is 0.0625. The number of rotatable bonds is 3. The Hall–Kier alpha value is -2.77. The lowest BCUT2D eigenvalue weighted by Gasteiger charge is -2.01. The van der Waals surface area contributed by atoms with Crippen molar-refractivity contribution in [2.45, 2.75) is 6.54 Å². The van der Waals surface area contributed by atoms with E-state index in [9.17, 15) is 4.79 Å². The number of H-pyrrole nitrogens is 1. The summed E-state index contributed by atoms with van der Waals surface area (Å²) in [5.41, 5.74) is 1.99. The Morgan fingerprint density at radius 1 is 1.24 bits per heavy atom. The lowest BCUT2D eigenvalue weighted by molar-refractivity contribution is -0.115. The number of nitrogens with one attached hydrogen (secondary N) is 3. The van der Waals surface area contributed by atoms with Crippen LogP contribution in [-0.2, 0) is 11.3 Å². The molecular formula is C16H15Cl2N5O2. The highest BCUT2D eigenvalue weighted by atomic mass is 35.5. The van der Waals surface area contributed by atoms with E-state index >= 15 is 0 Å². The van der Waals surface area contributed by atoms with Gasteiger partial charge in [-0.25, -0.2) is 9.98 Å². The van der Waals surface area contributed by atoms with Crippen molar-refractivity contribution in [3.63, 3.8) is 0 Å². The van der Waals surface area contributed by atoms with Crippen LogP contribution in [0.4, 0.5) is 0 Å². The summed E-state index contributed by atoms with van der Waals surface area (Å²) >= 11 is 0. The van der Waals surface area contributed by atoms with E-state index in [1.54, 1.807) is 18.5 Å². The van der Waals surface area contributed by atoms with Gasteiger partial charge in [0.15, 0.2) is 0 Å². The van der Waals surface area contributed by atoms with Gasteiger partial charge in [0.05, 0.1) is 12.8 Å². The molecule has 130 valence electrons. The summed E-state index contributed by atoms with van der Waals surface area (Å²) in [7, 11) is 0. The maximum Gasteiger partial charge on any atom is 0.276 e. The molecule has 1 aliphatic rings. The molecule has 3 aromatic heterocycles. The highest BCUT2D eigenvalue weighted by Crippen LogP contribution is 2.20. The van der Waals surface area contributed by atoms with Gasteiger partial charge in [-0.2, -0.15) is 0 Å². The number of halogens is 2. The summed E-state index contributed by atoms with van der Waals surface area (Å²) in [5.74, 6) is 0.933. The van der Waals surface area contributed by atoms with Gasteiger partial charge in [0.1, 0.15) is 17.1 Å². The first-order chi connectivity index (χ1) is 11.3. The average Bonchev–Trinajstić information content (AvgIpc) is 3.28. The van der Waals surface area contributed by atoms with E-state index in [2.05, 4.69) is 25.6 Å². The molecule has 0 atom stereocenters. The summed E-state index contributed by atoms with van der Waals surface area (Å²) in [5, 5.41) is 6.66. The third kappa shape index (κ3) is 3.84. The van der Waals surface area contributed by atoms with Crippen LogP contribution in [0.1, 0.15) is 11.3 Å². The molecule has 4 rings (SSSR count). The molecule has 25 heavy (non-hydrogen) atoms. The quantitative estimate of drug-likeness (QED) is 0.609. The zero-order chi connectivity index (χ0) is 15.6. The number of amides is 1. The van der Waals surface area contributed by atoms with Crippen LogP contribution >= 0.6 is 24.8 Å². The molecule has 9 heteroatoms. The van der Waals surface area contributed by atoms with Gasteiger partial charge in [0.25, 0.3) is 5.91 Å². The van der Waals surface area contributed by atoms with Gasteiger partial charge < -0.3 is 14.7 Å². The predicted octanol–water partition coefficient (Wildman–Crippen LogP) is 2.62. The van der Waals surface area contributed by atoms with Gasteiger partial charge in [0, 0.05) is 23.3 Å². The maximum atomic E-state index is 12.0. The first-order valence-corrected chi connectivity index (χ1v) is 7.10. The molecule has 3 N–H and O–H groups in total. The van der Waals surface area contributed by atoms with Crippen LogP contribution in [0.25, 0.3) is 17.1 Å². The Kier molecular flexibility index (Phi) is 5.84. The number of aromatic amines is 1. The third-order valence-electron chi connectivity index (χ3n) is 3.48. The number of aliphatic imine (C=N–C) groups is 1. The summed E-state index contributed by atoms with van der Waals surface area (Å²) < 4.78 is 5.22. The molecule has 3 aromatic rings. The Balaban J connectivity index is 0.00000113. The molecule has 0 radical (unpaired) electrons. The highest BCUT2D eigenvalue weighted by Gasteiger charge is 2.20. The second-order valence-corrected chi connectivity index (χ2v) is 5.02. The predicted molar refractivity (Wildman–Crippen MR) is 99.7 cm³/mol. The van der Waals surface area contributed by atoms with E-state index in [1.807, 2.05) is 30.5 Å². The van der Waals surface area contributed by atoms with Crippen molar-refractivity contribution in [1.29, 1.82) is 0 Å². The molecule has 0 aromatic carbocycles. The SMILES string of the molecule is Cl.Cl.O=C1NC(NCc2ccco2)=N/C1=C\c1c[nH]c2ncccc12. The molecule has 0 fully saturated rings. The maximum absolute atomic E-state index is 12.0. The van der Waals surface area contributed by atoms with Crippen molar-refractivity contribution in [3.8, 4) is 0 Å². The van der Waals surface area contributed by atoms with Gasteiger partial charge >= 0.3 is 0 Å². The summed E-state index contributed by atoms with van der Waals surface area (Å²) in [4.78, 5) is 23.6. The number of carbonyl (C=O) groups excluding carboxylic acids is 1. The molecule has 0 saturated carbocycles. The van der Waals surface area contributed by atoms with Crippen LogP contribution in [-0.4, -0.2) is 21.8 Å². The number of nitrogens with zero attached hydrogens (tertiary/aromatic N) is 2. The van der Waals surface area contributed by atoms with Crippen molar-refractivity contribution in [1.82, 2.24) is 20.6 Å². The van der Waals surface area contributed by atoms with E-state index in [-0.39, 0.29) is 30.7 Å². The monoisotopic (exact) mass is 379 g/mol. The molecule has 0 saturated heterocycles. The highest BCUT2D eigenvalue weighted by molar-refractivity contribution is 6.14. The topological polar surface area (TPSA) is 95.3 Å². The van der Waals surface area contributed by atoms with E-state index in [4.69, 9.17) is 4.42 Å². The van der Waals surface area contributed by atoms with Gasteiger partial charge in [0.2, 0.25) is 5.96 Å². The Morgan fingerprint density at radius 2 is 2.12 bits per heavy atom. The number of guanidine groups is 1. The molecule has 0 bridgehead atoms. The zero-order valence-corrected chi connectivity index (χ0v) is 14.5. The minimum atomic E-state index is -0.245. The average molecular weight is 380 g/mol. The van der Waals surface area contributed by atoms with Crippen molar-refractivity contribution in [3.05, 3.63) is 59.9 Å².